The van der Waals surface area contributed by atoms with Gasteiger partial charge in [-0.1, -0.05) is 19.1 Å². The van der Waals surface area contributed by atoms with E-state index in [1.165, 1.54) is 0 Å². The van der Waals surface area contributed by atoms with E-state index in [1.54, 1.807) is 7.11 Å². The van der Waals surface area contributed by atoms with Crippen LogP contribution in [0, 0.1) is 5.41 Å². The predicted octanol–water partition coefficient (Wildman–Crippen LogP) is 2.13. The molecule has 100 valence electrons. The second-order valence-corrected chi connectivity index (χ2v) is 4.74. The summed E-state index contributed by atoms with van der Waals surface area (Å²) in [6.07, 6.45) is 0.501. The highest BCUT2D eigenvalue weighted by atomic mass is 16.7. The maximum absolute atomic E-state index is 9.39. The second kappa shape index (κ2) is 5.69. The third kappa shape index (κ3) is 2.66. The van der Waals surface area contributed by atoms with Crippen molar-refractivity contribution in [3.63, 3.8) is 0 Å². The number of aliphatic hydroxyl groups excluding tert-OH is 1. The molecule has 4 heteroatoms. The molecule has 4 nitrogen and oxygen atoms in total. The van der Waals surface area contributed by atoms with E-state index in [1.807, 2.05) is 31.2 Å². The lowest BCUT2D eigenvalue weighted by Crippen LogP contribution is -2.41. The molecule has 1 aromatic carbocycles. The van der Waals surface area contributed by atoms with E-state index in [0.29, 0.717) is 13.2 Å². The van der Waals surface area contributed by atoms with Gasteiger partial charge in [0.15, 0.2) is 6.29 Å². The molecule has 2 rings (SSSR count). The Morgan fingerprint density at radius 2 is 1.89 bits per heavy atom. The summed E-state index contributed by atoms with van der Waals surface area (Å²) in [4.78, 5) is 0. The zero-order valence-corrected chi connectivity index (χ0v) is 10.9. The van der Waals surface area contributed by atoms with E-state index in [0.717, 1.165) is 17.7 Å². The Morgan fingerprint density at radius 3 is 2.33 bits per heavy atom. The summed E-state index contributed by atoms with van der Waals surface area (Å²) in [7, 11) is 1.64. The fraction of sp³-hybridized carbons (Fsp3) is 0.571. The summed E-state index contributed by atoms with van der Waals surface area (Å²) in [5.41, 5.74) is 0.724. The van der Waals surface area contributed by atoms with Gasteiger partial charge in [-0.2, -0.15) is 0 Å². The molecular weight excluding hydrogens is 232 g/mol. The van der Waals surface area contributed by atoms with Gasteiger partial charge >= 0.3 is 0 Å². The Balaban J connectivity index is 2.00. The van der Waals surface area contributed by atoms with Crippen LogP contribution in [-0.2, 0) is 9.47 Å². The molecular formula is C14H20O4. The number of aliphatic hydroxyl groups is 1. The monoisotopic (exact) mass is 252 g/mol. The summed E-state index contributed by atoms with van der Waals surface area (Å²) in [6.45, 7) is 3.18. The van der Waals surface area contributed by atoms with Crippen molar-refractivity contribution in [3.8, 4) is 5.75 Å². The first kappa shape index (κ1) is 13.3. The zero-order valence-electron chi connectivity index (χ0n) is 10.9. The van der Waals surface area contributed by atoms with Crippen LogP contribution in [0.4, 0.5) is 0 Å². The molecule has 1 aliphatic rings. The molecule has 1 heterocycles. The fourth-order valence-corrected chi connectivity index (χ4v) is 1.96. The highest BCUT2D eigenvalue weighted by molar-refractivity contribution is 5.27. The average Bonchev–Trinajstić information content (AvgIpc) is 2.47. The quantitative estimate of drug-likeness (QED) is 0.891. The maximum atomic E-state index is 9.39. The normalized spacial score (nSPS) is 28.1. The average molecular weight is 252 g/mol. The van der Waals surface area contributed by atoms with Gasteiger partial charge in [0.05, 0.1) is 26.9 Å². The number of ether oxygens (including phenoxy) is 3. The minimum Gasteiger partial charge on any atom is -0.497 e. The number of rotatable bonds is 4. The molecule has 0 amide bonds. The van der Waals surface area contributed by atoms with E-state index in [9.17, 15) is 5.11 Å². The lowest BCUT2D eigenvalue weighted by molar-refractivity contribution is -0.241. The number of benzene rings is 1. The standard InChI is InChI=1S/C14H20O4/c1-3-14(8-15)9-17-13(18-10-14)11-4-6-12(16-2)7-5-11/h4-7,13,15H,3,8-10H2,1-2H3. The zero-order chi connectivity index (χ0) is 13.0. The van der Waals surface area contributed by atoms with E-state index in [-0.39, 0.29) is 18.3 Å². The molecule has 1 fully saturated rings. The molecule has 0 bridgehead atoms. The SMILES string of the molecule is CCC1(CO)COC(c2ccc(OC)cc2)OC1. The van der Waals surface area contributed by atoms with Crippen LogP contribution in [0.25, 0.3) is 0 Å². The highest BCUT2D eigenvalue weighted by Gasteiger charge is 2.35. The van der Waals surface area contributed by atoms with Crippen LogP contribution < -0.4 is 4.74 Å². The van der Waals surface area contributed by atoms with Gasteiger partial charge in [0.2, 0.25) is 0 Å². The van der Waals surface area contributed by atoms with Crippen molar-refractivity contribution in [2.45, 2.75) is 19.6 Å². The van der Waals surface area contributed by atoms with E-state index in [2.05, 4.69) is 0 Å². The summed E-state index contributed by atoms with van der Waals surface area (Å²) in [5.74, 6) is 0.813. The van der Waals surface area contributed by atoms with Crippen molar-refractivity contribution in [3.05, 3.63) is 29.8 Å². The Kier molecular flexibility index (Phi) is 4.22. The van der Waals surface area contributed by atoms with E-state index >= 15 is 0 Å². The number of methoxy groups -OCH3 is 1. The third-order valence-corrected chi connectivity index (χ3v) is 3.56. The molecule has 0 atom stereocenters. The van der Waals surface area contributed by atoms with Crippen molar-refractivity contribution in [1.29, 1.82) is 0 Å². The first-order valence-electron chi connectivity index (χ1n) is 6.21. The molecule has 1 aliphatic heterocycles. The molecule has 0 aliphatic carbocycles. The molecule has 1 N–H and O–H groups in total. The van der Waals surface area contributed by atoms with Crippen molar-refractivity contribution in [2.75, 3.05) is 26.9 Å². The highest BCUT2D eigenvalue weighted by Crippen LogP contribution is 2.34. The maximum Gasteiger partial charge on any atom is 0.183 e. The Hall–Kier alpha value is -1.10. The lowest BCUT2D eigenvalue weighted by atomic mass is 9.87. The molecule has 0 spiro atoms. The molecule has 0 aromatic heterocycles. The van der Waals surface area contributed by atoms with Crippen LogP contribution in [0.3, 0.4) is 0 Å². The summed E-state index contributed by atoms with van der Waals surface area (Å²) in [5, 5.41) is 9.39. The van der Waals surface area contributed by atoms with Crippen LogP contribution in [0.2, 0.25) is 0 Å². The largest absolute Gasteiger partial charge is 0.497 e. The van der Waals surface area contributed by atoms with Crippen molar-refractivity contribution in [2.24, 2.45) is 5.41 Å². The van der Waals surface area contributed by atoms with Crippen LogP contribution in [0.15, 0.2) is 24.3 Å². The second-order valence-electron chi connectivity index (χ2n) is 4.74. The minimum atomic E-state index is -0.345. The van der Waals surface area contributed by atoms with Gasteiger partial charge in [-0.25, -0.2) is 0 Å². The van der Waals surface area contributed by atoms with Gasteiger partial charge < -0.3 is 19.3 Å². The third-order valence-electron chi connectivity index (χ3n) is 3.56. The van der Waals surface area contributed by atoms with Crippen LogP contribution in [0.5, 0.6) is 5.75 Å². The van der Waals surface area contributed by atoms with Crippen molar-refractivity contribution >= 4 is 0 Å². The summed E-state index contributed by atoms with van der Waals surface area (Å²) in [6, 6.07) is 7.63. The van der Waals surface area contributed by atoms with Gasteiger partial charge in [0.1, 0.15) is 5.75 Å². The fourth-order valence-electron chi connectivity index (χ4n) is 1.96. The van der Waals surface area contributed by atoms with Crippen molar-refractivity contribution in [1.82, 2.24) is 0 Å². The van der Waals surface area contributed by atoms with Gasteiger partial charge in [-0.3, -0.25) is 0 Å². The van der Waals surface area contributed by atoms with Gasteiger partial charge in [-0.05, 0) is 18.6 Å². The minimum absolute atomic E-state index is 0.0961. The topological polar surface area (TPSA) is 47.9 Å². The number of hydrogen-bond donors (Lipinski definition) is 1. The van der Waals surface area contributed by atoms with Crippen LogP contribution in [-0.4, -0.2) is 32.0 Å². The molecule has 18 heavy (non-hydrogen) atoms. The molecule has 0 unspecified atom stereocenters. The molecule has 0 saturated carbocycles. The first-order chi connectivity index (χ1) is 8.73. The molecule has 0 radical (unpaired) electrons. The smallest absolute Gasteiger partial charge is 0.183 e. The first-order valence-corrected chi connectivity index (χ1v) is 6.21. The Labute approximate surface area is 107 Å². The summed E-state index contributed by atoms with van der Waals surface area (Å²) < 4.78 is 16.5. The predicted molar refractivity (Wildman–Crippen MR) is 67.4 cm³/mol. The Morgan fingerprint density at radius 1 is 1.28 bits per heavy atom. The van der Waals surface area contributed by atoms with Gasteiger partial charge in [-0.15, -0.1) is 0 Å². The van der Waals surface area contributed by atoms with Crippen LogP contribution in [0.1, 0.15) is 25.2 Å². The Bertz CT molecular complexity index is 360. The summed E-state index contributed by atoms with van der Waals surface area (Å²) >= 11 is 0. The van der Waals surface area contributed by atoms with Crippen molar-refractivity contribution < 1.29 is 19.3 Å². The van der Waals surface area contributed by atoms with Gasteiger partial charge in [0, 0.05) is 11.0 Å². The number of hydrogen-bond acceptors (Lipinski definition) is 4. The lowest BCUT2D eigenvalue weighted by Gasteiger charge is -2.38. The van der Waals surface area contributed by atoms with E-state index < -0.39 is 0 Å². The molecule has 1 saturated heterocycles. The van der Waals surface area contributed by atoms with Gasteiger partial charge in [0.25, 0.3) is 0 Å². The van der Waals surface area contributed by atoms with E-state index in [4.69, 9.17) is 14.2 Å². The van der Waals surface area contributed by atoms with Crippen LogP contribution >= 0.6 is 0 Å². The molecule has 1 aromatic rings.